The smallest absolute Gasteiger partial charge is 0.395 e. The van der Waals surface area contributed by atoms with Crippen LogP contribution in [0.4, 0.5) is 3.89 Å². The summed E-state index contributed by atoms with van der Waals surface area (Å²) in [6.45, 7) is 0.0208. The van der Waals surface area contributed by atoms with Crippen LogP contribution in [0.3, 0.4) is 0 Å². The Balaban J connectivity index is 2.58. The number of hydrogen-bond acceptors (Lipinski definition) is 5. The lowest BCUT2D eigenvalue weighted by Gasteiger charge is -2.04. The molecule has 0 fully saturated rings. The fourth-order valence-electron chi connectivity index (χ4n) is 1.22. The Morgan fingerprint density at radius 3 is 2.44 bits per heavy atom. The average Bonchev–Trinajstić information content (AvgIpc) is 2.27. The van der Waals surface area contributed by atoms with Crippen LogP contribution >= 0.6 is 0 Å². The number of aliphatic hydroxyl groups is 1. The van der Waals surface area contributed by atoms with Gasteiger partial charge < -0.3 is 14.6 Å². The van der Waals surface area contributed by atoms with E-state index in [1.165, 1.54) is 24.3 Å². The van der Waals surface area contributed by atoms with Crippen molar-refractivity contribution in [2.45, 2.75) is 6.42 Å². The fraction of sp³-hybridized carbons (Fsp3) is 0.300. The summed E-state index contributed by atoms with van der Waals surface area (Å²) in [6.07, 6.45) is 0.0721. The first-order chi connectivity index (χ1) is 8.40. The van der Waals surface area contributed by atoms with Crippen LogP contribution < -0.4 is 9.50 Å². The first-order valence-electron chi connectivity index (χ1n) is 5.01. The van der Waals surface area contributed by atoms with Gasteiger partial charge in [-0.05, 0) is 17.7 Å². The van der Waals surface area contributed by atoms with Crippen molar-refractivity contribution < 1.29 is 26.4 Å². The maximum absolute atomic E-state index is 12.2. The molecular weight excluding hydrogens is 265 g/mol. The van der Waals surface area contributed by atoms with E-state index in [9.17, 15) is 17.1 Å². The molecule has 8 heteroatoms. The second-order valence-electron chi connectivity index (χ2n) is 3.37. The lowest BCUT2D eigenvalue weighted by atomic mass is 10.1. The van der Waals surface area contributed by atoms with E-state index in [0.717, 1.165) is 0 Å². The molecule has 6 nitrogen and oxygen atoms in total. The molecule has 1 amide bonds. The van der Waals surface area contributed by atoms with Crippen molar-refractivity contribution in [2.24, 2.45) is 0 Å². The second-order valence-corrected chi connectivity index (χ2v) is 4.32. The lowest BCUT2D eigenvalue weighted by molar-refractivity contribution is -0.120. The molecule has 0 saturated heterocycles. The molecule has 0 atom stereocenters. The molecule has 0 heterocycles. The molecule has 18 heavy (non-hydrogen) atoms. The standard InChI is InChI=1S/C10H12FNO5S/c11-18(15,16)17-9-3-1-8(2-4-9)7-10(14)12-5-6-13/h1-4,13H,5-7H2,(H,12,14). The van der Waals surface area contributed by atoms with Crippen LogP contribution in [0.15, 0.2) is 24.3 Å². The van der Waals surface area contributed by atoms with Gasteiger partial charge in [0.15, 0.2) is 0 Å². The van der Waals surface area contributed by atoms with Gasteiger partial charge in [-0.1, -0.05) is 16.0 Å². The number of carbonyl (C=O) groups is 1. The Morgan fingerprint density at radius 1 is 1.33 bits per heavy atom. The van der Waals surface area contributed by atoms with Crippen molar-refractivity contribution >= 4 is 16.4 Å². The van der Waals surface area contributed by atoms with Crippen LogP contribution in [0.25, 0.3) is 0 Å². The zero-order valence-electron chi connectivity index (χ0n) is 9.30. The maximum atomic E-state index is 12.2. The summed E-state index contributed by atoms with van der Waals surface area (Å²) in [5.41, 5.74) is 0.606. The summed E-state index contributed by atoms with van der Waals surface area (Å²) in [4.78, 5) is 11.3. The van der Waals surface area contributed by atoms with Crippen LogP contribution in [-0.2, 0) is 21.7 Å². The SMILES string of the molecule is O=C(Cc1ccc(OS(=O)(=O)F)cc1)NCCO. The topological polar surface area (TPSA) is 92.7 Å². The second kappa shape index (κ2) is 6.31. The highest BCUT2D eigenvalue weighted by Gasteiger charge is 2.09. The van der Waals surface area contributed by atoms with E-state index in [4.69, 9.17) is 5.11 Å². The highest BCUT2D eigenvalue weighted by atomic mass is 32.3. The van der Waals surface area contributed by atoms with Gasteiger partial charge in [-0.3, -0.25) is 4.79 Å². The van der Waals surface area contributed by atoms with Crippen LogP contribution in [0.5, 0.6) is 5.75 Å². The minimum Gasteiger partial charge on any atom is -0.395 e. The molecule has 0 aliphatic rings. The molecule has 1 aromatic carbocycles. The number of halogens is 1. The number of amides is 1. The van der Waals surface area contributed by atoms with Crippen molar-refractivity contribution in [1.29, 1.82) is 0 Å². The molecule has 0 aliphatic heterocycles. The zero-order valence-corrected chi connectivity index (χ0v) is 10.1. The Kier molecular flexibility index (Phi) is 5.05. The van der Waals surface area contributed by atoms with Crippen LogP contribution in [0, 0.1) is 0 Å². The third kappa shape index (κ3) is 5.60. The predicted molar refractivity (Wildman–Crippen MR) is 60.9 cm³/mol. The predicted octanol–water partition coefficient (Wildman–Crippen LogP) is -0.0693. The summed E-state index contributed by atoms with van der Waals surface area (Å²) in [5, 5.41) is 11.0. The average molecular weight is 277 g/mol. The van der Waals surface area contributed by atoms with Gasteiger partial charge in [0.05, 0.1) is 13.0 Å². The number of benzene rings is 1. The van der Waals surface area contributed by atoms with E-state index in [-0.39, 0.29) is 31.2 Å². The van der Waals surface area contributed by atoms with Gasteiger partial charge >= 0.3 is 10.5 Å². The Hall–Kier alpha value is -1.67. The van der Waals surface area contributed by atoms with Gasteiger partial charge in [-0.15, -0.1) is 0 Å². The van der Waals surface area contributed by atoms with E-state index in [1.54, 1.807) is 0 Å². The normalized spacial score (nSPS) is 11.0. The molecule has 0 spiro atoms. The number of nitrogens with one attached hydrogen (secondary N) is 1. The third-order valence-electron chi connectivity index (χ3n) is 1.92. The van der Waals surface area contributed by atoms with Crippen molar-refractivity contribution in [1.82, 2.24) is 5.32 Å². The number of aliphatic hydroxyl groups excluding tert-OH is 1. The first kappa shape index (κ1) is 14.4. The Labute approximate surface area is 104 Å². The fourth-order valence-corrected chi connectivity index (χ4v) is 1.56. The Bertz CT molecular complexity index is 500. The van der Waals surface area contributed by atoms with E-state index in [1.807, 2.05) is 0 Å². The molecule has 0 aromatic heterocycles. The van der Waals surface area contributed by atoms with E-state index in [2.05, 4.69) is 9.50 Å². The van der Waals surface area contributed by atoms with Gasteiger partial charge in [-0.2, -0.15) is 8.42 Å². The molecule has 0 aliphatic carbocycles. The summed E-state index contributed by atoms with van der Waals surface area (Å²) >= 11 is 0. The molecule has 2 N–H and O–H groups in total. The molecule has 0 saturated carbocycles. The molecule has 1 aromatic rings. The minimum absolute atomic E-state index is 0.0721. The number of hydrogen-bond donors (Lipinski definition) is 2. The summed E-state index contributed by atoms with van der Waals surface area (Å²) in [7, 11) is -5.03. The minimum atomic E-state index is -5.03. The van der Waals surface area contributed by atoms with Crippen molar-refractivity contribution in [3.63, 3.8) is 0 Å². The molecule has 100 valence electrons. The molecule has 1 rings (SSSR count). The molecule has 0 unspecified atom stereocenters. The van der Waals surface area contributed by atoms with Gasteiger partial charge in [0.25, 0.3) is 0 Å². The largest absolute Gasteiger partial charge is 0.488 e. The summed E-state index contributed by atoms with van der Waals surface area (Å²) < 4.78 is 36.6. The van der Waals surface area contributed by atoms with Gasteiger partial charge in [0, 0.05) is 6.54 Å². The van der Waals surface area contributed by atoms with Crippen molar-refractivity contribution in [2.75, 3.05) is 13.2 Å². The third-order valence-corrected chi connectivity index (χ3v) is 2.31. The molecular formula is C10H12FNO5S. The summed E-state index contributed by atoms with van der Waals surface area (Å²) in [6, 6.07) is 5.37. The van der Waals surface area contributed by atoms with Crippen molar-refractivity contribution in [3.8, 4) is 5.75 Å². The molecule has 0 bridgehead atoms. The highest BCUT2D eigenvalue weighted by molar-refractivity contribution is 7.81. The monoisotopic (exact) mass is 277 g/mol. The van der Waals surface area contributed by atoms with Gasteiger partial charge in [0.1, 0.15) is 5.75 Å². The van der Waals surface area contributed by atoms with Gasteiger partial charge in [0.2, 0.25) is 5.91 Å². The summed E-state index contributed by atoms with van der Waals surface area (Å²) in [5.74, 6) is -0.451. The van der Waals surface area contributed by atoms with Crippen LogP contribution in [-0.4, -0.2) is 32.6 Å². The van der Waals surface area contributed by atoms with Crippen LogP contribution in [0.1, 0.15) is 5.56 Å². The quantitative estimate of drug-likeness (QED) is 0.710. The van der Waals surface area contributed by atoms with E-state index < -0.39 is 10.5 Å². The first-order valence-corrected chi connectivity index (χ1v) is 6.32. The number of carbonyl (C=O) groups excluding carboxylic acids is 1. The van der Waals surface area contributed by atoms with Gasteiger partial charge in [-0.25, -0.2) is 0 Å². The Morgan fingerprint density at radius 2 is 1.94 bits per heavy atom. The number of rotatable bonds is 6. The lowest BCUT2D eigenvalue weighted by Crippen LogP contribution is -2.27. The zero-order chi connectivity index (χ0) is 13.6. The molecule has 0 radical (unpaired) electrons. The highest BCUT2D eigenvalue weighted by Crippen LogP contribution is 2.15. The van der Waals surface area contributed by atoms with Crippen LogP contribution in [0.2, 0.25) is 0 Å². The van der Waals surface area contributed by atoms with E-state index >= 15 is 0 Å². The maximum Gasteiger partial charge on any atom is 0.488 e. The van der Waals surface area contributed by atoms with Crippen molar-refractivity contribution in [3.05, 3.63) is 29.8 Å². The van der Waals surface area contributed by atoms with E-state index in [0.29, 0.717) is 5.56 Å².